The number of carbonyl (C=O) groups is 1. The summed E-state index contributed by atoms with van der Waals surface area (Å²) in [7, 11) is 0. The van der Waals surface area contributed by atoms with Crippen molar-refractivity contribution >= 4 is 5.91 Å². The molecule has 2 aromatic rings. The SMILES string of the molecule is O=C(NCc1ccccc1CO)C1(Cc2ccccc2)CC1. The number of hydrogen-bond donors (Lipinski definition) is 2. The second kappa shape index (κ2) is 6.32. The molecule has 2 N–H and O–H groups in total. The summed E-state index contributed by atoms with van der Waals surface area (Å²) in [6.45, 7) is 0.479. The van der Waals surface area contributed by atoms with Gasteiger partial charge < -0.3 is 10.4 Å². The Morgan fingerprint density at radius 3 is 2.27 bits per heavy atom. The molecule has 1 aliphatic rings. The molecular formula is C19H21NO2. The van der Waals surface area contributed by atoms with Crippen molar-refractivity contribution in [2.75, 3.05) is 0 Å². The standard InChI is InChI=1S/C19H21NO2/c21-14-17-9-5-4-8-16(17)13-20-18(22)19(10-11-19)12-15-6-2-1-3-7-15/h1-9,21H,10-14H2,(H,20,22). The van der Waals surface area contributed by atoms with Crippen LogP contribution < -0.4 is 5.32 Å². The van der Waals surface area contributed by atoms with Gasteiger partial charge in [-0.05, 0) is 36.0 Å². The summed E-state index contributed by atoms with van der Waals surface area (Å²) in [5, 5.41) is 12.4. The highest BCUT2D eigenvalue weighted by atomic mass is 16.3. The fourth-order valence-corrected chi connectivity index (χ4v) is 2.87. The fourth-order valence-electron chi connectivity index (χ4n) is 2.87. The van der Waals surface area contributed by atoms with Crippen molar-refractivity contribution < 1.29 is 9.90 Å². The second-order valence-corrected chi connectivity index (χ2v) is 6.05. The summed E-state index contributed by atoms with van der Waals surface area (Å²) in [5.41, 5.74) is 2.84. The van der Waals surface area contributed by atoms with Crippen LogP contribution >= 0.6 is 0 Å². The van der Waals surface area contributed by atoms with Gasteiger partial charge in [0.1, 0.15) is 0 Å². The Balaban J connectivity index is 1.62. The molecule has 1 aliphatic carbocycles. The summed E-state index contributed by atoms with van der Waals surface area (Å²) in [4.78, 5) is 12.5. The van der Waals surface area contributed by atoms with E-state index in [1.165, 1.54) is 5.56 Å². The van der Waals surface area contributed by atoms with Crippen LogP contribution in [0, 0.1) is 5.41 Å². The number of aliphatic hydroxyl groups excluding tert-OH is 1. The number of rotatable bonds is 6. The third-order valence-electron chi connectivity index (χ3n) is 4.45. The third-order valence-corrected chi connectivity index (χ3v) is 4.45. The van der Waals surface area contributed by atoms with Crippen molar-refractivity contribution in [3.63, 3.8) is 0 Å². The maximum atomic E-state index is 12.5. The zero-order chi connectivity index (χ0) is 15.4. The van der Waals surface area contributed by atoms with E-state index in [1.807, 2.05) is 42.5 Å². The molecule has 0 aromatic heterocycles. The molecule has 22 heavy (non-hydrogen) atoms. The van der Waals surface area contributed by atoms with Gasteiger partial charge in [-0.2, -0.15) is 0 Å². The maximum absolute atomic E-state index is 12.5. The molecule has 0 aliphatic heterocycles. The Labute approximate surface area is 131 Å². The number of carbonyl (C=O) groups excluding carboxylic acids is 1. The van der Waals surface area contributed by atoms with Crippen LogP contribution in [-0.2, 0) is 24.4 Å². The first-order valence-electron chi connectivity index (χ1n) is 7.73. The first-order valence-corrected chi connectivity index (χ1v) is 7.73. The molecule has 0 bridgehead atoms. The van der Waals surface area contributed by atoms with Crippen molar-refractivity contribution in [1.29, 1.82) is 0 Å². The first kappa shape index (κ1) is 14.8. The first-order chi connectivity index (χ1) is 10.7. The highest BCUT2D eigenvalue weighted by molar-refractivity contribution is 5.85. The third kappa shape index (κ3) is 3.20. The van der Waals surface area contributed by atoms with E-state index in [0.29, 0.717) is 6.54 Å². The lowest BCUT2D eigenvalue weighted by Crippen LogP contribution is -2.33. The number of nitrogens with one attached hydrogen (secondary N) is 1. The van der Waals surface area contributed by atoms with E-state index in [2.05, 4.69) is 17.4 Å². The van der Waals surface area contributed by atoms with Crippen LogP contribution in [0.25, 0.3) is 0 Å². The molecule has 1 fully saturated rings. The van der Waals surface area contributed by atoms with E-state index in [4.69, 9.17) is 0 Å². The van der Waals surface area contributed by atoms with E-state index >= 15 is 0 Å². The minimum atomic E-state index is -0.227. The number of aliphatic hydroxyl groups is 1. The van der Waals surface area contributed by atoms with E-state index in [-0.39, 0.29) is 17.9 Å². The predicted octanol–water partition coefficient (Wildman–Crippen LogP) is 2.82. The van der Waals surface area contributed by atoms with E-state index in [1.54, 1.807) is 0 Å². The van der Waals surface area contributed by atoms with Crippen molar-refractivity contribution in [1.82, 2.24) is 5.32 Å². The van der Waals surface area contributed by atoms with Crippen LogP contribution in [-0.4, -0.2) is 11.0 Å². The number of benzene rings is 2. The van der Waals surface area contributed by atoms with Crippen molar-refractivity contribution in [3.8, 4) is 0 Å². The summed E-state index contributed by atoms with van der Waals surface area (Å²) in [5.74, 6) is 0.129. The molecule has 0 saturated heterocycles. The fraction of sp³-hybridized carbons (Fsp3) is 0.316. The van der Waals surface area contributed by atoms with Gasteiger partial charge in [0.25, 0.3) is 0 Å². The molecule has 0 spiro atoms. The lowest BCUT2D eigenvalue weighted by molar-refractivity contribution is -0.126. The van der Waals surface area contributed by atoms with E-state index < -0.39 is 0 Å². The molecule has 3 nitrogen and oxygen atoms in total. The van der Waals surface area contributed by atoms with Crippen LogP contribution in [0.5, 0.6) is 0 Å². The Hall–Kier alpha value is -2.13. The Bertz CT molecular complexity index is 647. The summed E-state index contributed by atoms with van der Waals surface area (Å²) >= 11 is 0. The topological polar surface area (TPSA) is 49.3 Å². The molecule has 0 heterocycles. The summed E-state index contributed by atoms with van der Waals surface area (Å²) in [6, 6.07) is 17.8. The molecule has 0 radical (unpaired) electrons. The van der Waals surface area contributed by atoms with Crippen LogP contribution in [0.1, 0.15) is 29.5 Å². The monoisotopic (exact) mass is 295 g/mol. The van der Waals surface area contributed by atoms with Crippen LogP contribution in [0.4, 0.5) is 0 Å². The molecule has 0 unspecified atom stereocenters. The molecule has 3 heteroatoms. The molecule has 1 saturated carbocycles. The van der Waals surface area contributed by atoms with Crippen LogP contribution in [0.3, 0.4) is 0 Å². The molecule has 0 atom stereocenters. The van der Waals surface area contributed by atoms with Gasteiger partial charge in [0.15, 0.2) is 0 Å². The van der Waals surface area contributed by atoms with Crippen molar-refractivity contribution in [2.45, 2.75) is 32.4 Å². The van der Waals surface area contributed by atoms with Gasteiger partial charge in [-0.25, -0.2) is 0 Å². The lowest BCUT2D eigenvalue weighted by Gasteiger charge is -2.16. The number of amides is 1. The van der Waals surface area contributed by atoms with Gasteiger partial charge in [0.05, 0.1) is 12.0 Å². The summed E-state index contributed by atoms with van der Waals surface area (Å²) < 4.78 is 0. The average molecular weight is 295 g/mol. The Morgan fingerprint density at radius 1 is 1.00 bits per heavy atom. The van der Waals surface area contributed by atoms with Crippen LogP contribution in [0.15, 0.2) is 54.6 Å². The highest BCUT2D eigenvalue weighted by Gasteiger charge is 2.49. The predicted molar refractivity (Wildman–Crippen MR) is 86.0 cm³/mol. The smallest absolute Gasteiger partial charge is 0.226 e. The Morgan fingerprint density at radius 2 is 1.64 bits per heavy atom. The maximum Gasteiger partial charge on any atom is 0.226 e. The average Bonchev–Trinajstić information content (AvgIpc) is 3.34. The largest absolute Gasteiger partial charge is 0.392 e. The van der Waals surface area contributed by atoms with Gasteiger partial charge in [-0.15, -0.1) is 0 Å². The normalized spacial score (nSPS) is 15.3. The molecule has 114 valence electrons. The quantitative estimate of drug-likeness (QED) is 0.861. The molecule has 1 amide bonds. The number of hydrogen-bond acceptors (Lipinski definition) is 2. The van der Waals surface area contributed by atoms with Crippen LogP contribution in [0.2, 0.25) is 0 Å². The second-order valence-electron chi connectivity index (χ2n) is 6.05. The van der Waals surface area contributed by atoms with Gasteiger partial charge in [-0.1, -0.05) is 54.6 Å². The van der Waals surface area contributed by atoms with Crippen molar-refractivity contribution in [3.05, 3.63) is 71.3 Å². The lowest BCUT2D eigenvalue weighted by atomic mass is 9.95. The zero-order valence-corrected chi connectivity index (χ0v) is 12.6. The Kier molecular flexibility index (Phi) is 4.25. The molecular weight excluding hydrogens is 274 g/mol. The van der Waals surface area contributed by atoms with Gasteiger partial charge in [-0.3, -0.25) is 4.79 Å². The van der Waals surface area contributed by atoms with Gasteiger partial charge in [0.2, 0.25) is 5.91 Å². The zero-order valence-electron chi connectivity index (χ0n) is 12.6. The molecule has 2 aromatic carbocycles. The van der Waals surface area contributed by atoms with E-state index in [0.717, 1.165) is 30.4 Å². The molecule has 3 rings (SSSR count). The highest BCUT2D eigenvalue weighted by Crippen LogP contribution is 2.48. The van der Waals surface area contributed by atoms with Crippen molar-refractivity contribution in [2.24, 2.45) is 5.41 Å². The minimum Gasteiger partial charge on any atom is -0.392 e. The van der Waals surface area contributed by atoms with Gasteiger partial charge >= 0.3 is 0 Å². The minimum absolute atomic E-state index is 0.00119. The summed E-state index contributed by atoms with van der Waals surface area (Å²) in [6.07, 6.45) is 2.71. The van der Waals surface area contributed by atoms with E-state index in [9.17, 15) is 9.90 Å². The van der Waals surface area contributed by atoms with Gasteiger partial charge in [0, 0.05) is 6.54 Å².